The van der Waals surface area contributed by atoms with Gasteiger partial charge >= 0.3 is 0 Å². The van der Waals surface area contributed by atoms with E-state index in [0.29, 0.717) is 47.8 Å². The maximum Gasteiger partial charge on any atom is 0.253 e. The van der Waals surface area contributed by atoms with Gasteiger partial charge in [-0.3, -0.25) is 14.4 Å². The largest absolute Gasteiger partial charge is 0.497 e. The molecule has 1 N–H and O–H groups in total. The number of hydrogen-bond donors (Lipinski definition) is 1. The fourth-order valence-corrected chi connectivity index (χ4v) is 5.02. The summed E-state index contributed by atoms with van der Waals surface area (Å²) in [6, 6.07) is 13.2. The van der Waals surface area contributed by atoms with Crippen molar-refractivity contribution in [1.29, 1.82) is 0 Å². The van der Waals surface area contributed by atoms with E-state index in [0.717, 1.165) is 32.4 Å². The van der Waals surface area contributed by atoms with Crippen molar-refractivity contribution < 1.29 is 19.1 Å². The van der Waals surface area contributed by atoms with Gasteiger partial charge in [0.15, 0.2) is 0 Å². The Bertz CT molecular complexity index is 1040. The molecular weight excluding hydrogens is 466 g/mol. The van der Waals surface area contributed by atoms with Gasteiger partial charge in [0, 0.05) is 42.3 Å². The Labute approximate surface area is 211 Å². The highest BCUT2D eigenvalue weighted by Crippen LogP contribution is 2.25. The first-order chi connectivity index (χ1) is 17.0. The summed E-state index contributed by atoms with van der Waals surface area (Å²) in [5.41, 5.74) is 1.05. The van der Waals surface area contributed by atoms with Crippen molar-refractivity contribution in [2.24, 2.45) is 5.92 Å². The van der Waals surface area contributed by atoms with Crippen LogP contribution >= 0.6 is 11.6 Å². The van der Waals surface area contributed by atoms with Crippen LogP contribution in [-0.2, 0) is 4.79 Å². The highest BCUT2D eigenvalue weighted by atomic mass is 35.5. The van der Waals surface area contributed by atoms with E-state index in [1.807, 2.05) is 9.80 Å². The van der Waals surface area contributed by atoms with Crippen LogP contribution in [0, 0.1) is 5.92 Å². The third kappa shape index (κ3) is 6.14. The number of nitrogens with one attached hydrogen (secondary N) is 1. The van der Waals surface area contributed by atoms with Gasteiger partial charge in [-0.25, -0.2) is 0 Å². The number of likely N-dealkylation sites (tertiary alicyclic amines) is 2. The predicted molar refractivity (Wildman–Crippen MR) is 135 cm³/mol. The molecule has 2 fully saturated rings. The summed E-state index contributed by atoms with van der Waals surface area (Å²) in [6.07, 6.45) is 4.37. The number of nitrogens with zero attached hydrogens (tertiary/aromatic N) is 2. The van der Waals surface area contributed by atoms with Crippen LogP contribution in [0.2, 0.25) is 5.02 Å². The molecule has 4 rings (SSSR count). The van der Waals surface area contributed by atoms with Crippen LogP contribution in [0.15, 0.2) is 48.5 Å². The van der Waals surface area contributed by atoms with E-state index in [1.165, 1.54) is 0 Å². The second-order valence-electron chi connectivity index (χ2n) is 9.21. The van der Waals surface area contributed by atoms with E-state index in [9.17, 15) is 14.4 Å². The Morgan fingerprint density at radius 2 is 1.60 bits per heavy atom. The molecule has 2 saturated heterocycles. The Kier molecular flexibility index (Phi) is 8.29. The topological polar surface area (TPSA) is 79.0 Å². The number of benzene rings is 2. The van der Waals surface area contributed by atoms with Gasteiger partial charge in [-0.05, 0) is 80.5 Å². The zero-order valence-corrected chi connectivity index (χ0v) is 20.8. The molecule has 1 atom stereocenters. The summed E-state index contributed by atoms with van der Waals surface area (Å²) in [5.74, 6) is 0.181. The second-order valence-corrected chi connectivity index (χ2v) is 9.64. The Balaban J connectivity index is 1.47. The normalized spacial score (nSPS) is 17.5. The van der Waals surface area contributed by atoms with E-state index in [4.69, 9.17) is 16.3 Å². The molecule has 2 aliphatic rings. The summed E-state index contributed by atoms with van der Waals surface area (Å²) in [6.45, 7) is 2.51. The Morgan fingerprint density at radius 3 is 2.26 bits per heavy atom. The highest BCUT2D eigenvalue weighted by Gasteiger charge is 2.36. The molecule has 0 spiro atoms. The fourth-order valence-electron chi connectivity index (χ4n) is 4.89. The van der Waals surface area contributed by atoms with Crippen molar-refractivity contribution in [3.63, 3.8) is 0 Å². The van der Waals surface area contributed by atoms with Crippen LogP contribution in [0.1, 0.15) is 52.8 Å². The molecule has 8 heteroatoms. The van der Waals surface area contributed by atoms with E-state index >= 15 is 0 Å². The van der Waals surface area contributed by atoms with Crippen LogP contribution < -0.4 is 10.1 Å². The average Bonchev–Trinajstić information content (AvgIpc) is 2.92. The quantitative estimate of drug-likeness (QED) is 0.654. The van der Waals surface area contributed by atoms with E-state index < -0.39 is 6.04 Å². The molecule has 3 amide bonds. The van der Waals surface area contributed by atoms with E-state index in [-0.39, 0.29) is 23.6 Å². The first-order valence-electron chi connectivity index (χ1n) is 12.2. The number of piperidine rings is 2. The molecule has 35 heavy (non-hydrogen) atoms. The summed E-state index contributed by atoms with van der Waals surface area (Å²) in [5, 5.41) is 3.62. The standard InChI is InChI=1S/C27H32ClN3O4/c1-35-23-7-5-6-21(18-23)25(32)29-24(27(34)30-14-3-2-4-15-30)19-12-16-31(17-13-19)26(33)20-8-10-22(28)11-9-20/h5-11,18-19,24H,2-4,12-17H2,1H3,(H,29,32)/t24-/m1/s1. The number of carbonyl (C=O) groups is 3. The van der Waals surface area contributed by atoms with E-state index in [2.05, 4.69) is 5.32 Å². The predicted octanol–water partition coefficient (Wildman–Crippen LogP) is 4.01. The third-order valence-electron chi connectivity index (χ3n) is 6.94. The number of ether oxygens (including phenoxy) is 1. The number of amides is 3. The molecule has 0 aromatic heterocycles. The minimum atomic E-state index is -0.625. The van der Waals surface area contributed by atoms with Gasteiger partial charge < -0.3 is 19.9 Å². The first kappa shape index (κ1) is 25.0. The van der Waals surface area contributed by atoms with Crippen molar-refractivity contribution >= 4 is 29.3 Å². The zero-order valence-electron chi connectivity index (χ0n) is 20.0. The molecule has 0 saturated carbocycles. The van der Waals surface area contributed by atoms with Crippen LogP contribution in [0.5, 0.6) is 5.75 Å². The van der Waals surface area contributed by atoms with Gasteiger partial charge in [0.25, 0.3) is 11.8 Å². The number of carbonyl (C=O) groups excluding carboxylic acids is 3. The lowest BCUT2D eigenvalue weighted by Crippen LogP contribution is -2.55. The van der Waals surface area contributed by atoms with Crippen LogP contribution in [0.3, 0.4) is 0 Å². The van der Waals surface area contributed by atoms with Gasteiger partial charge in [-0.1, -0.05) is 17.7 Å². The maximum atomic E-state index is 13.5. The van der Waals surface area contributed by atoms with Gasteiger partial charge in [-0.15, -0.1) is 0 Å². The van der Waals surface area contributed by atoms with Gasteiger partial charge in [-0.2, -0.15) is 0 Å². The fraction of sp³-hybridized carbons (Fsp3) is 0.444. The molecule has 0 aliphatic carbocycles. The molecule has 0 bridgehead atoms. The van der Waals surface area contributed by atoms with Crippen molar-refractivity contribution in [3.8, 4) is 5.75 Å². The molecule has 2 aliphatic heterocycles. The molecule has 186 valence electrons. The van der Waals surface area contributed by atoms with E-state index in [1.54, 1.807) is 55.6 Å². The highest BCUT2D eigenvalue weighted by molar-refractivity contribution is 6.30. The molecule has 0 unspecified atom stereocenters. The summed E-state index contributed by atoms with van der Waals surface area (Å²) >= 11 is 5.95. The monoisotopic (exact) mass is 497 g/mol. The maximum absolute atomic E-state index is 13.5. The first-order valence-corrected chi connectivity index (χ1v) is 12.6. The Morgan fingerprint density at radius 1 is 0.914 bits per heavy atom. The van der Waals surface area contributed by atoms with Crippen molar-refractivity contribution in [3.05, 3.63) is 64.7 Å². The molecule has 0 radical (unpaired) electrons. The van der Waals surface area contributed by atoms with Crippen LogP contribution in [-0.4, -0.2) is 66.9 Å². The lowest BCUT2D eigenvalue weighted by atomic mass is 9.87. The molecule has 7 nitrogen and oxygen atoms in total. The number of methoxy groups -OCH3 is 1. The lowest BCUT2D eigenvalue weighted by molar-refractivity contribution is -0.136. The van der Waals surface area contributed by atoms with Crippen molar-refractivity contribution in [2.45, 2.75) is 38.1 Å². The van der Waals surface area contributed by atoms with Gasteiger partial charge in [0.2, 0.25) is 5.91 Å². The summed E-state index contributed by atoms with van der Waals surface area (Å²) < 4.78 is 5.25. The van der Waals surface area contributed by atoms with Crippen molar-refractivity contribution in [2.75, 3.05) is 33.3 Å². The number of hydrogen-bond acceptors (Lipinski definition) is 4. The number of rotatable bonds is 6. The zero-order chi connectivity index (χ0) is 24.8. The SMILES string of the molecule is COc1cccc(C(=O)N[C@@H](C(=O)N2CCCCC2)C2CCN(C(=O)c3ccc(Cl)cc3)CC2)c1. The smallest absolute Gasteiger partial charge is 0.253 e. The summed E-state index contributed by atoms with van der Waals surface area (Å²) in [7, 11) is 1.55. The van der Waals surface area contributed by atoms with Crippen molar-refractivity contribution in [1.82, 2.24) is 15.1 Å². The average molecular weight is 498 g/mol. The van der Waals surface area contributed by atoms with Gasteiger partial charge in [0.05, 0.1) is 7.11 Å². The lowest BCUT2D eigenvalue weighted by Gasteiger charge is -2.38. The number of halogens is 1. The molecule has 2 aromatic carbocycles. The minimum absolute atomic E-state index is 0.0246. The van der Waals surface area contributed by atoms with Crippen LogP contribution in [0.25, 0.3) is 0 Å². The van der Waals surface area contributed by atoms with Gasteiger partial charge in [0.1, 0.15) is 11.8 Å². The Hall–Kier alpha value is -3.06. The minimum Gasteiger partial charge on any atom is -0.497 e. The third-order valence-corrected chi connectivity index (χ3v) is 7.19. The molecular formula is C27H32ClN3O4. The molecule has 2 heterocycles. The second kappa shape index (κ2) is 11.6. The van der Waals surface area contributed by atoms with Crippen LogP contribution in [0.4, 0.5) is 0 Å². The summed E-state index contributed by atoms with van der Waals surface area (Å²) in [4.78, 5) is 43.3. The molecule has 2 aromatic rings.